The minimum absolute atomic E-state index is 0.0508. The van der Waals surface area contributed by atoms with Gasteiger partial charge in [-0.25, -0.2) is 8.42 Å². The van der Waals surface area contributed by atoms with Crippen LogP contribution in [0.15, 0.2) is 29.2 Å². The molecular formula is C18H24N2O6S. The summed E-state index contributed by atoms with van der Waals surface area (Å²) in [6.45, 7) is 3.40. The number of Topliss-reactive ketones (excluding diaryl/α,β-unsaturated/α-hetero) is 1. The number of benzene rings is 1. The molecular weight excluding hydrogens is 372 g/mol. The first-order valence-corrected chi connectivity index (χ1v) is 10.2. The molecule has 8 nitrogen and oxygen atoms in total. The van der Waals surface area contributed by atoms with E-state index in [1.165, 1.54) is 42.4 Å². The molecule has 2 N–H and O–H groups in total. The number of amides is 1. The van der Waals surface area contributed by atoms with Crippen molar-refractivity contribution in [1.82, 2.24) is 9.62 Å². The van der Waals surface area contributed by atoms with Gasteiger partial charge in [0.1, 0.15) is 0 Å². The second kappa shape index (κ2) is 8.62. The molecule has 0 aliphatic carbocycles. The third-order valence-corrected chi connectivity index (χ3v) is 6.64. The SMILES string of the molecule is CC(=O)c1ccc(S(=O)(=O)N2CCC(C(=O)NCC(C)C(=O)O)CC2)cc1. The van der Waals surface area contributed by atoms with Crippen molar-refractivity contribution >= 4 is 27.7 Å². The lowest BCUT2D eigenvalue weighted by molar-refractivity contribution is -0.141. The number of aliphatic carboxylic acids is 1. The van der Waals surface area contributed by atoms with E-state index in [4.69, 9.17) is 5.11 Å². The maximum Gasteiger partial charge on any atom is 0.308 e. The zero-order chi connectivity index (χ0) is 20.2. The van der Waals surface area contributed by atoms with Crippen LogP contribution in [0.2, 0.25) is 0 Å². The standard InChI is InChI=1S/C18H24N2O6S/c1-12(18(23)24)11-19-17(22)15-7-9-20(10-8-15)27(25,26)16-5-3-14(4-6-16)13(2)21/h3-6,12,15H,7-11H2,1-2H3,(H,19,22)(H,23,24). The van der Waals surface area contributed by atoms with Crippen LogP contribution in [0.3, 0.4) is 0 Å². The maximum absolute atomic E-state index is 12.7. The van der Waals surface area contributed by atoms with Crippen molar-refractivity contribution in [2.45, 2.75) is 31.6 Å². The van der Waals surface area contributed by atoms with E-state index in [9.17, 15) is 22.8 Å². The number of sulfonamides is 1. The van der Waals surface area contributed by atoms with E-state index >= 15 is 0 Å². The summed E-state index contributed by atoms with van der Waals surface area (Å²) in [4.78, 5) is 34.4. The Morgan fingerprint density at radius 2 is 1.74 bits per heavy atom. The van der Waals surface area contributed by atoms with Gasteiger partial charge < -0.3 is 10.4 Å². The minimum atomic E-state index is -3.68. The zero-order valence-electron chi connectivity index (χ0n) is 15.3. The Kier molecular flexibility index (Phi) is 6.72. The number of nitrogens with zero attached hydrogens (tertiary/aromatic N) is 1. The number of nitrogens with one attached hydrogen (secondary N) is 1. The number of carbonyl (C=O) groups excluding carboxylic acids is 2. The van der Waals surface area contributed by atoms with Crippen LogP contribution < -0.4 is 5.32 Å². The Morgan fingerprint density at radius 3 is 2.22 bits per heavy atom. The smallest absolute Gasteiger partial charge is 0.308 e. The van der Waals surface area contributed by atoms with Crippen molar-refractivity contribution in [1.29, 1.82) is 0 Å². The summed E-state index contributed by atoms with van der Waals surface area (Å²) in [6, 6.07) is 5.80. The zero-order valence-corrected chi connectivity index (χ0v) is 16.2. The molecule has 0 saturated carbocycles. The first-order chi connectivity index (χ1) is 12.6. The Labute approximate surface area is 158 Å². The number of carboxylic acids is 1. The highest BCUT2D eigenvalue weighted by Crippen LogP contribution is 2.24. The van der Waals surface area contributed by atoms with Crippen LogP contribution in [0.5, 0.6) is 0 Å². The van der Waals surface area contributed by atoms with Crippen molar-refractivity contribution in [3.05, 3.63) is 29.8 Å². The highest BCUT2D eigenvalue weighted by atomic mass is 32.2. The number of carbonyl (C=O) groups is 3. The monoisotopic (exact) mass is 396 g/mol. The molecule has 1 heterocycles. The molecule has 9 heteroatoms. The van der Waals surface area contributed by atoms with Gasteiger partial charge in [0.25, 0.3) is 0 Å². The van der Waals surface area contributed by atoms with Gasteiger partial charge in [-0.05, 0) is 31.9 Å². The lowest BCUT2D eigenvalue weighted by Gasteiger charge is -2.30. The lowest BCUT2D eigenvalue weighted by Crippen LogP contribution is -2.44. The van der Waals surface area contributed by atoms with E-state index in [0.717, 1.165) is 0 Å². The quantitative estimate of drug-likeness (QED) is 0.667. The Morgan fingerprint density at radius 1 is 1.19 bits per heavy atom. The molecule has 1 saturated heterocycles. The first-order valence-electron chi connectivity index (χ1n) is 8.74. The normalized spacial score (nSPS) is 17.3. The summed E-state index contributed by atoms with van der Waals surface area (Å²) in [6.07, 6.45) is 0.746. The minimum Gasteiger partial charge on any atom is -0.481 e. The third-order valence-electron chi connectivity index (χ3n) is 4.73. The number of carboxylic acid groups (broad SMARTS) is 1. The van der Waals surface area contributed by atoms with Crippen molar-refractivity contribution in [2.75, 3.05) is 19.6 Å². The molecule has 27 heavy (non-hydrogen) atoms. The molecule has 1 aliphatic heterocycles. The Balaban J connectivity index is 1.94. The summed E-state index contributed by atoms with van der Waals surface area (Å²) in [5, 5.41) is 11.5. The molecule has 1 aliphatic rings. The van der Waals surface area contributed by atoms with Gasteiger partial charge in [0.15, 0.2) is 5.78 Å². The second-order valence-corrected chi connectivity index (χ2v) is 8.68. The van der Waals surface area contributed by atoms with Crippen LogP contribution >= 0.6 is 0 Å². The van der Waals surface area contributed by atoms with E-state index in [0.29, 0.717) is 18.4 Å². The number of ketones is 1. The molecule has 1 unspecified atom stereocenters. The fraction of sp³-hybridized carbons (Fsp3) is 0.500. The van der Waals surface area contributed by atoms with E-state index in [1.807, 2.05) is 0 Å². The highest BCUT2D eigenvalue weighted by Gasteiger charge is 2.32. The average Bonchev–Trinajstić information content (AvgIpc) is 2.65. The van der Waals surface area contributed by atoms with Gasteiger partial charge in [-0.1, -0.05) is 19.1 Å². The number of hydrogen-bond donors (Lipinski definition) is 2. The predicted molar refractivity (Wildman–Crippen MR) is 97.7 cm³/mol. The van der Waals surface area contributed by atoms with Crippen molar-refractivity contribution in [3.63, 3.8) is 0 Å². The van der Waals surface area contributed by atoms with Crippen LogP contribution in [0.25, 0.3) is 0 Å². The molecule has 0 spiro atoms. The third kappa shape index (κ3) is 5.14. The predicted octanol–water partition coefficient (Wildman–Crippen LogP) is 1.13. The van der Waals surface area contributed by atoms with E-state index in [2.05, 4.69) is 5.32 Å². The molecule has 2 rings (SSSR count). The molecule has 0 bridgehead atoms. The molecule has 0 radical (unpaired) electrons. The van der Waals surface area contributed by atoms with Gasteiger partial charge >= 0.3 is 5.97 Å². The van der Waals surface area contributed by atoms with Gasteiger partial charge in [0.05, 0.1) is 10.8 Å². The first kappa shape index (κ1) is 21.0. The number of hydrogen-bond acceptors (Lipinski definition) is 5. The molecule has 1 aromatic carbocycles. The summed E-state index contributed by atoms with van der Waals surface area (Å²) < 4.78 is 26.8. The molecule has 148 valence electrons. The van der Waals surface area contributed by atoms with Crippen LogP contribution in [0.1, 0.15) is 37.0 Å². The summed E-state index contributed by atoms with van der Waals surface area (Å²) in [7, 11) is -3.68. The largest absolute Gasteiger partial charge is 0.481 e. The second-order valence-electron chi connectivity index (χ2n) is 6.74. The van der Waals surface area contributed by atoms with Gasteiger partial charge in [-0.2, -0.15) is 4.31 Å². The van der Waals surface area contributed by atoms with Gasteiger partial charge in [-0.15, -0.1) is 0 Å². The van der Waals surface area contributed by atoms with Crippen molar-refractivity contribution in [3.8, 4) is 0 Å². The molecule has 1 fully saturated rings. The maximum atomic E-state index is 12.7. The fourth-order valence-electron chi connectivity index (χ4n) is 2.85. The van der Waals surface area contributed by atoms with Crippen molar-refractivity contribution < 1.29 is 27.9 Å². The Bertz CT molecular complexity index is 811. The van der Waals surface area contributed by atoms with E-state index < -0.39 is 21.9 Å². The topological polar surface area (TPSA) is 121 Å². The van der Waals surface area contributed by atoms with E-state index in [-0.39, 0.29) is 42.1 Å². The van der Waals surface area contributed by atoms with Crippen LogP contribution in [0.4, 0.5) is 0 Å². The number of piperidine rings is 1. The van der Waals surface area contributed by atoms with E-state index in [1.54, 1.807) is 0 Å². The highest BCUT2D eigenvalue weighted by molar-refractivity contribution is 7.89. The fourth-order valence-corrected chi connectivity index (χ4v) is 4.32. The van der Waals surface area contributed by atoms with Gasteiger partial charge in [-0.3, -0.25) is 14.4 Å². The average molecular weight is 396 g/mol. The van der Waals surface area contributed by atoms with Gasteiger partial charge in [0.2, 0.25) is 15.9 Å². The summed E-state index contributed by atoms with van der Waals surface area (Å²) >= 11 is 0. The van der Waals surface area contributed by atoms with Crippen LogP contribution in [0, 0.1) is 11.8 Å². The lowest BCUT2D eigenvalue weighted by atomic mass is 9.97. The Hall–Kier alpha value is -2.26. The molecule has 1 atom stereocenters. The molecule has 1 aromatic rings. The summed E-state index contributed by atoms with van der Waals surface area (Å²) in [5.41, 5.74) is 0.444. The van der Waals surface area contributed by atoms with Crippen LogP contribution in [-0.4, -0.2) is 55.1 Å². The summed E-state index contributed by atoms with van der Waals surface area (Å²) in [5.74, 6) is -2.37. The van der Waals surface area contributed by atoms with Gasteiger partial charge in [0, 0.05) is 31.1 Å². The van der Waals surface area contributed by atoms with Crippen LogP contribution in [-0.2, 0) is 19.6 Å². The van der Waals surface area contributed by atoms with Crippen molar-refractivity contribution in [2.24, 2.45) is 11.8 Å². The molecule has 0 aromatic heterocycles. The number of rotatable bonds is 7. The molecule has 1 amide bonds.